The number of benzene rings is 1. The van der Waals surface area contributed by atoms with Crippen LogP contribution in [-0.2, 0) is 13.1 Å². The highest BCUT2D eigenvalue weighted by molar-refractivity contribution is 5.99. The van der Waals surface area contributed by atoms with Crippen molar-refractivity contribution >= 4 is 11.5 Å². The minimum atomic E-state index is 0.0807. The molecule has 0 fully saturated rings. The van der Waals surface area contributed by atoms with Crippen LogP contribution in [-0.4, -0.2) is 33.8 Å². The van der Waals surface area contributed by atoms with E-state index >= 15 is 0 Å². The molecule has 0 saturated carbocycles. The number of hydrogen-bond donors (Lipinski definition) is 2. The summed E-state index contributed by atoms with van der Waals surface area (Å²) in [7, 11) is 0. The van der Waals surface area contributed by atoms with Crippen molar-refractivity contribution in [3.05, 3.63) is 90.3 Å². The maximum atomic E-state index is 8.98. The molecule has 0 saturated heterocycles. The van der Waals surface area contributed by atoms with Gasteiger partial charge in [-0.2, -0.15) is 0 Å². The van der Waals surface area contributed by atoms with Gasteiger partial charge >= 0.3 is 0 Å². The first-order chi connectivity index (χ1) is 14.3. The van der Waals surface area contributed by atoms with E-state index in [4.69, 9.17) is 10.2 Å². The van der Waals surface area contributed by atoms with Crippen LogP contribution in [0, 0.1) is 0 Å². The summed E-state index contributed by atoms with van der Waals surface area (Å²) in [6, 6.07) is 16.8. The molecule has 8 nitrogen and oxygen atoms in total. The van der Waals surface area contributed by atoms with Crippen molar-refractivity contribution in [1.29, 1.82) is 0 Å². The van der Waals surface area contributed by atoms with Crippen LogP contribution in [0.5, 0.6) is 0 Å². The van der Waals surface area contributed by atoms with Gasteiger partial charge in [0.2, 0.25) is 5.84 Å². The quantitative estimate of drug-likeness (QED) is 0.211. The molecule has 0 spiro atoms. The van der Waals surface area contributed by atoms with Gasteiger partial charge in [0.05, 0.1) is 17.7 Å². The zero-order chi connectivity index (χ0) is 20.3. The predicted molar refractivity (Wildman–Crippen MR) is 108 cm³/mol. The second-order valence-corrected chi connectivity index (χ2v) is 6.13. The Bertz CT molecular complexity index is 1010. The zero-order valence-electron chi connectivity index (χ0n) is 15.9. The highest BCUT2D eigenvalue weighted by Crippen LogP contribution is 2.11. The molecule has 148 valence electrons. The summed E-state index contributed by atoms with van der Waals surface area (Å²) in [5.41, 5.74) is 1.48. The van der Waals surface area contributed by atoms with Crippen molar-refractivity contribution in [1.82, 2.24) is 4.57 Å². The van der Waals surface area contributed by atoms with E-state index in [2.05, 4.69) is 20.4 Å². The van der Waals surface area contributed by atoms with Crippen LogP contribution in [0.15, 0.2) is 99.8 Å². The summed E-state index contributed by atoms with van der Waals surface area (Å²) in [6.45, 7) is 1.22. The first kappa shape index (κ1) is 20.2. The Hall–Kier alpha value is -3.49. The molecule has 3 rings (SSSR count). The molecule has 0 aliphatic carbocycles. The molecule has 1 aromatic carbocycles. The highest BCUT2D eigenvalue weighted by Gasteiger charge is 2.03. The van der Waals surface area contributed by atoms with Gasteiger partial charge in [-0.3, -0.25) is 0 Å². The van der Waals surface area contributed by atoms with Gasteiger partial charge in [0.25, 0.3) is 0 Å². The third-order valence-corrected chi connectivity index (χ3v) is 4.02. The van der Waals surface area contributed by atoms with E-state index in [0.717, 1.165) is 5.56 Å². The second-order valence-electron chi connectivity index (χ2n) is 6.13. The standard InChI is InChI=1S/C21H23N6O2/c28-16-14-26-10-6-19(7-11-26)22-24-21(18-4-2-1-3-5-18)25-23-20-8-12-27(13-9-20)15-17-29/h1-13,28-29H,14-17H2/q+1. The summed E-state index contributed by atoms with van der Waals surface area (Å²) in [5.74, 6) is 0.393. The Morgan fingerprint density at radius 2 is 1.62 bits per heavy atom. The van der Waals surface area contributed by atoms with Crippen LogP contribution in [0.25, 0.3) is 0 Å². The van der Waals surface area contributed by atoms with Gasteiger partial charge < -0.3 is 14.8 Å². The Kier molecular flexibility index (Phi) is 7.50. The van der Waals surface area contributed by atoms with Crippen molar-refractivity contribution in [3.8, 4) is 0 Å². The molecule has 0 amide bonds. The van der Waals surface area contributed by atoms with Gasteiger partial charge in [-0.15, -0.1) is 20.4 Å². The van der Waals surface area contributed by atoms with E-state index in [1.807, 2.05) is 88.5 Å². The average molecular weight is 391 g/mol. The molecule has 2 aromatic heterocycles. The first-order valence-electron chi connectivity index (χ1n) is 9.24. The van der Waals surface area contributed by atoms with Crippen molar-refractivity contribution in [2.45, 2.75) is 13.1 Å². The van der Waals surface area contributed by atoms with Gasteiger partial charge in [0, 0.05) is 36.6 Å². The van der Waals surface area contributed by atoms with Crippen LogP contribution in [0.2, 0.25) is 0 Å². The number of hydrogen-bond acceptors (Lipinski definition) is 5. The molecule has 2 heterocycles. The van der Waals surface area contributed by atoms with Crippen molar-refractivity contribution in [2.24, 2.45) is 20.4 Å². The lowest BCUT2D eigenvalue weighted by Crippen LogP contribution is -2.34. The number of rotatable bonds is 7. The second kappa shape index (κ2) is 10.7. The predicted octanol–water partition coefficient (Wildman–Crippen LogP) is 1.81. The SMILES string of the molecule is OCCn1ccc(=NN=C(N=Nc2cc[n+](CCO)cc2)c2ccccc2)cc1. The Labute approximate surface area is 168 Å². The lowest BCUT2D eigenvalue weighted by Gasteiger charge is -2.01. The monoisotopic (exact) mass is 391 g/mol. The molecule has 2 N–H and O–H groups in total. The third-order valence-electron chi connectivity index (χ3n) is 4.02. The topological polar surface area (TPSA) is 98.7 Å². The van der Waals surface area contributed by atoms with E-state index in [-0.39, 0.29) is 13.2 Å². The third kappa shape index (κ3) is 6.27. The van der Waals surface area contributed by atoms with Crippen LogP contribution >= 0.6 is 0 Å². The number of amidine groups is 1. The molecule has 0 atom stereocenters. The molecule has 3 aromatic rings. The molecule has 8 heteroatoms. The maximum absolute atomic E-state index is 8.98. The Balaban J connectivity index is 1.86. The minimum Gasteiger partial charge on any atom is -0.395 e. The Morgan fingerprint density at radius 1 is 0.897 bits per heavy atom. The fourth-order valence-electron chi connectivity index (χ4n) is 2.49. The zero-order valence-corrected chi connectivity index (χ0v) is 15.9. The smallest absolute Gasteiger partial charge is 0.203 e. The number of pyridine rings is 2. The average Bonchev–Trinajstić information content (AvgIpc) is 2.77. The summed E-state index contributed by atoms with van der Waals surface area (Å²) in [6.07, 6.45) is 7.33. The summed E-state index contributed by atoms with van der Waals surface area (Å²) in [4.78, 5) is 0. The summed E-state index contributed by atoms with van der Waals surface area (Å²) >= 11 is 0. The van der Waals surface area contributed by atoms with E-state index in [1.165, 1.54) is 0 Å². The summed E-state index contributed by atoms with van der Waals surface area (Å²) in [5, 5.41) is 35.7. The van der Waals surface area contributed by atoms with Gasteiger partial charge in [-0.1, -0.05) is 30.3 Å². The maximum Gasteiger partial charge on any atom is 0.203 e. The van der Waals surface area contributed by atoms with Crippen molar-refractivity contribution in [2.75, 3.05) is 13.2 Å². The minimum absolute atomic E-state index is 0.0807. The normalized spacial score (nSPS) is 11.7. The number of aliphatic hydroxyl groups is 2. The largest absolute Gasteiger partial charge is 0.395 e. The van der Waals surface area contributed by atoms with Gasteiger partial charge in [0.1, 0.15) is 6.61 Å². The van der Waals surface area contributed by atoms with E-state index < -0.39 is 0 Å². The molecule has 0 bridgehead atoms. The highest BCUT2D eigenvalue weighted by atomic mass is 16.3. The molecule has 0 unspecified atom stereocenters. The number of aromatic nitrogens is 2. The molecule has 0 aliphatic rings. The van der Waals surface area contributed by atoms with Gasteiger partial charge in [0.15, 0.2) is 18.9 Å². The van der Waals surface area contributed by atoms with Gasteiger partial charge in [-0.05, 0) is 12.1 Å². The van der Waals surface area contributed by atoms with E-state index in [0.29, 0.717) is 30.0 Å². The molecule has 0 radical (unpaired) electrons. The van der Waals surface area contributed by atoms with Crippen LogP contribution < -0.4 is 9.92 Å². The molecule has 0 aliphatic heterocycles. The molecular formula is C21H23N6O2+. The van der Waals surface area contributed by atoms with Crippen LogP contribution in [0.3, 0.4) is 0 Å². The van der Waals surface area contributed by atoms with Crippen molar-refractivity contribution < 1.29 is 14.8 Å². The lowest BCUT2D eigenvalue weighted by molar-refractivity contribution is -0.698. The number of nitrogens with zero attached hydrogens (tertiary/aromatic N) is 6. The van der Waals surface area contributed by atoms with Crippen LogP contribution in [0.1, 0.15) is 5.56 Å². The van der Waals surface area contributed by atoms with E-state index in [9.17, 15) is 0 Å². The number of aliphatic hydroxyl groups excluding tert-OH is 2. The first-order valence-corrected chi connectivity index (χ1v) is 9.24. The summed E-state index contributed by atoms with van der Waals surface area (Å²) < 4.78 is 3.72. The van der Waals surface area contributed by atoms with E-state index in [1.54, 1.807) is 0 Å². The Morgan fingerprint density at radius 3 is 2.28 bits per heavy atom. The van der Waals surface area contributed by atoms with Crippen molar-refractivity contribution in [3.63, 3.8) is 0 Å². The lowest BCUT2D eigenvalue weighted by atomic mass is 10.2. The number of azo groups is 1. The molecular weight excluding hydrogens is 368 g/mol. The fourth-order valence-corrected chi connectivity index (χ4v) is 2.49. The van der Waals surface area contributed by atoms with Gasteiger partial charge in [-0.25, -0.2) is 4.57 Å². The van der Waals surface area contributed by atoms with Crippen LogP contribution in [0.4, 0.5) is 5.69 Å². The fraction of sp³-hybridized carbons (Fsp3) is 0.190. The molecule has 29 heavy (non-hydrogen) atoms.